The topological polar surface area (TPSA) is 96.2 Å². The summed E-state index contributed by atoms with van der Waals surface area (Å²) < 4.78 is 23.5. The number of carbonyl (C=O) groups is 1. The molecule has 0 fully saturated rings. The number of carboxylic acid groups (broad SMARTS) is 1. The number of rotatable bonds is 10. The van der Waals surface area contributed by atoms with Gasteiger partial charge >= 0.3 is 5.97 Å². The van der Waals surface area contributed by atoms with E-state index in [1.54, 1.807) is 41.0 Å². The minimum atomic E-state index is -1.30. The van der Waals surface area contributed by atoms with Crippen molar-refractivity contribution in [2.75, 3.05) is 27.1 Å². The van der Waals surface area contributed by atoms with Crippen molar-refractivity contribution < 1.29 is 28.8 Å². The van der Waals surface area contributed by atoms with Crippen LogP contribution < -0.4 is 19.6 Å². The third-order valence-electron chi connectivity index (χ3n) is 4.48. The highest BCUT2D eigenvalue weighted by Gasteiger charge is 2.17. The van der Waals surface area contributed by atoms with Gasteiger partial charge in [0.1, 0.15) is 22.8 Å². The van der Waals surface area contributed by atoms with E-state index in [2.05, 4.69) is 0 Å². The van der Waals surface area contributed by atoms with Crippen molar-refractivity contribution in [3.8, 4) is 22.9 Å². The van der Waals surface area contributed by atoms with Gasteiger partial charge in [0.2, 0.25) is 5.43 Å². The van der Waals surface area contributed by atoms with Crippen LogP contribution in [0.4, 0.5) is 0 Å². The summed E-state index contributed by atoms with van der Waals surface area (Å²) in [7, 11) is 1.51. The molecule has 0 saturated carbocycles. The molecular weight excluding hydrogens is 402 g/mol. The summed E-state index contributed by atoms with van der Waals surface area (Å²) >= 11 is 0. The van der Waals surface area contributed by atoms with Gasteiger partial charge < -0.3 is 28.6 Å². The van der Waals surface area contributed by atoms with Crippen LogP contribution in [0.3, 0.4) is 0 Å². The van der Waals surface area contributed by atoms with Crippen LogP contribution in [0.5, 0.6) is 17.2 Å². The molecule has 0 amide bonds. The average molecular weight is 427 g/mol. The molecule has 2 aromatic carbocycles. The Bertz CT molecular complexity index is 1140. The van der Waals surface area contributed by atoms with Crippen molar-refractivity contribution in [3.05, 3.63) is 58.4 Å². The Balaban J connectivity index is 2.27. The normalized spacial score (nSPS) is 10.8. The van der Waals surface area contributed by atoms with Gasteiger partial charge in [-0.1, -0.05) is 6.92 Å². The molecule has 31 heavy (non-hydrogen) atoms. The van der Waals surface area contributed by atoms with Gasteiger partial charge in [-0.25, -0.2) is 4.79 Å². The molecule has 8 nitrogen and oxygen atoms in total. The van der Waals surface area contributed by atoms with E-state index < -0.39 is 11.4 Å². The number of hydrogen-bond acceptors (Lipinski definition) is 6. The molecule has 1 N–H and O–H groups in total. The number of ether oxygens (including phenoxy) is 4. The van der Waals surface area contributed by atoms with Crippen molar-refractivity contribution >= 4 is 16.9 Å². The molecule has 0 unspecified atom stereocenters. The molecule has 1 aromatic heterocycles. The van der Waals surface area contributed by atoms with Crippen molar-refractivity contribution in [2.24, 2.45) is 0 Å². The van der Waals surface area contributed by atoms with E-state index >= 15 is 0 Å². The zero-order valence-corrected chi connectivity index (χ0v) is 17.7. The van der Waals surface area contributed by atoms with Crippen LogP contribution in [0.1, 0.15) is 30.6 Å². The minimum absolute atomic E-state index is 0.0395. The lowest BCUT2D eigenvalue weighted by molar-refractivity contribution is 0.0512. The van der Waals surface area contributed by atoms with Crippen molar-refractivity contribution in [3.63, 3.8) is 0 Å². The third kappa shape index (κ3) is 4.97. The van der Waals surface area contributed by atoms with Gasteiger partial charge in [0.25, 0.3) is 0 Å². The van der Waals surface area contributed by atoms with E-state index in [1.165, 1.54) is 13.3 Å². The van der Waals surface area contributed by atoms with Gasteiger partial charge in [0.15, 0.2) is 6.79 Å². The molecule has 0 radical (unpaired) electrons. The van der Waals surface area contributed by atoms with E-state index in [1.807, 2.05) is 13.8 Å². The Morgan fingerprint density at radius 1 is 1.00 bits per heavy atom. The smallest absolute Gasteiger partial charge is 0.341 e. The summed E-state index contributed by atoms with van der Waals surface area (Å²) in [6.07, 6.45) is 2.14. The Hall–Kier alpha value is -3.52. The van der Waals surface area contributed by atoms with Crippen LogP contribution in [0, 0.1) is 0 Å². The van der Waals surface area contributed by atoms with Crippen LogP contribution in [-0.2, 0) is 4.74 Å². The molecule has 3 rings (SSSR count). The number of benzene rings is 2. The molecule has 3 aromatic rings. The highest BCUT2D eigenvalue weighted by molar-refractivity contribution is 5.93. The summed E-state index contributed by atoms with van der Waals surface area (Å²) in [5, 5.41) is 9.83. The molecule has 0 bridgehead atoms. The summed E-state index contributed by atoms with van der Waals surface area (Å²) in [6, 6.07) is 10.1. The van der Waals surface area contributed by atoms with E-state index in [0.717, 1.165) is 6.42 Å². The monoisotopic (exact) mass is 427 g/mol. The number of hydrogen-bond donors (Lipinski definition) is 1. The van der Waals surface area contributed by atoms with Crippen molar-refractivity contribution in [1.29, 1.82) is 0 Å². The van der Waals surface area contributed by atoms with Gasteiger partial charge in [0.05, 0.1) is 24.4 Å². The fourth-order valence-electron chi connectivity index (χ4n) is 3.14. The second-order valence-electron chi connectivity index (χ2n) is 6.72. The predicted molar refractivity (Wildman–Crippen MR) is 116 cm³/mol. The standard InChI is InChI=1S/C23H25NO7/c1-4-8-30-18-10-15(9-17(11-18)29-5-2)24-13-20(23(26)27)22(25)19-7-6-16(12-21(19)24)31-14-28-3/h6-7,9-13H,4-5,8,14H2,1-3H3,(H,26,27). The molecule has 0 spiro atoms. The summed E-state index contributed by atoms with van der Waals surface area (Å²) in [6.45, 7) is 4.89. The lowest BCUT2D eigenvalue weighted by atomic mass is 10.1. The van der Waals surface area contributed by atoms with Gasteiger partial charge in [-0.15, -0.1) is 0 Å². The average Bonchev–Trinajstić information content (AvgIpc) is 2.76. The fourth-order valence-corrected chi connectivity index (χ4v) is 3.14. The van der Waals surface area contributed by atoms with E-state index in [0.29, 0.717) is 41.7 Å². The summed E-state index contributed by atoms with van der Waals surface area (Å²) in [5.41, 5.74) is 0.170. The van der Waals surface area contributed by atoms with Crippen LogP contribution in [-0.4, -0.2) is 42.8 Å². The van der Waals surface area contributed by atoms with E-state index in [-0.39, 0.29) is 17.7 Å². The first-order valence-electron chi connectivity index (χ1n) is 9.94. The Kier molecular flexibility index (Phi) is 7.15. The number of aromatic nitrogens is 1. The minimum Gasteiger partial charge on any atom is -0.494 e. The zero-order chi connectivity index (χ0) is 22.4. The first kappa shape index (κ1) is 22.2. The largest absolute Gasteiger partial charge is 0.494 e. The highest BCUT2D eigenvalue weighted by Crippen LogP contribution is 2.29. The summed E-state index contributed by atoms with van der Waals surface area (Å²) in [5.74, 6) is 0.331. The Labute approximate surface area is 179 Å². The zero-order valence-electron chi connectivity index (χ0n) is 17.7. The number of fused-ring (bicyclic) bond motifs is 1. The van der Waals surface area contributed by atoms with Crippen LogP contribution in [0.2, 0.25) is 0 Å². The molecule has 0 aliphatic heterocycles. The fraction of sp³-hybridized carbons (Fsp3) is 0.304. The number of pyridine rings is 1. The SMILES string of the molecule is CCCOc1cc(OCC)cc(-n2cc(C(=O)O)c(=O)c3ccc(OCOC)cc32)c1. The quantitative estimate of drug-likeness (QED) is 0.491. The first-order valence-corrected chi connectivity index (χ1v) is 9.94. The molecular formula is C23H25NO7. The van der Waals surface area contributed by atoms with E-state index in [4.69, 9.17) is 18.9 Å². The van der Waals surface area contributed by atoms with Gasteiger partial charge in [0, 0.05) is 43.0 Å². The number of carboxylic acids is 1. The Morgan fingerprint density at radius 2 is 1.74 bits per heavy atom. The number of nitrogens with zero attached hydrogens (tertiary/aromatic N) is 1. The maximum Gasteiger partial charge on any atom is 0.341 e. The lowest BCUT2D eigenvalue weighted by Crippen LogP contribution is -2.18. The van der Waals surface area contributed by atoms with Crippen molar-refractivity contribution in [1.82, 2.24) is 4.57 Å². The van der Waals surface area contributed by atoms with Gasteiger partial charge in [-0.05, 0) is 25.5 Å². The van der Waals surface area contributed by atoms with Crippen LogP contribution in [0.15, 0.2) is 47.4 Å². The van der Waals surface area contributed by atoms with Crippen molar-refractivity contribution in [2.45, 2.75) is 20.3 Å². The second-order valence-corrected chi connectivity index (χ2v) is 6.72. The second kappa shape index (κ2) is 9.99. The number of aromatic carboxylic acids is 1. The van der Waals surface area contributed by atoms with E-state index in [9.17, 15) is 14.7 Å². The maximum atomic E-state index is 12.7. The van der Waals surface area contributed by atoms with Crippen LogP contribution in [0.25, 0.3) is 16.6 Å². The molecule has 0 atom stereocenters. The third-order valence-corrected chi connectivity index (χ3v) is 4.48. The highest BCUT2D eigenvalue weighted by atomic mass is 16.7. The van der Waals surface area contributed by atoms with Gasteiger partial charge in [-0.2, -0.15) is 0 Å². The lowest BCUT2D eigenvalue weighted by Gasteiger charge is -2.16. The van der Waals surface area contributed by atoms with Gasteiger partial charge in [-0.3, -0.25) is 4.79 Å². The number of methoxy groups -OCH3 is 1. The molecule has 164 valence electrons. The Morgan fingerprint density at radius 3 is 2.39 bits per heavy atom. The predicted octanol–water partition coefficient (Wildman–Crippen LogP) is 3.86. The molecule has 8 heteroatoms. The molecule has 0 aliphatic carbocycles. The molecule has 0 saturated heterocycles. The molecule has 0 aliphatic rings. The van der Waals surface area contributed by atoms with Crippen LogP contribution >= 0.6 is 0 Å². The summed E-state index contributed by atoms with van der Waals surface area (Å²) in [4.78, 5) is 24.5. The first-order chi connectivity index (χ1) is 15.0. The maximum absolute atomic E-state index is 12.7. The molecule has 1 heterocycles.